The maximum absolute atomic E-state index is 11.5. The molecule has 0 radical (unpaired) electrons. The normalized spacial score (nSPS) is 23.5. The monoisotopic (exact) mass is 212 g/mol. The van der Waals surface area contributed by atoms with Crippen LogP contribution in [0.15, 0.2) is 11.1 Å². The molecule has 0 atom stereocenters. The lowest BCUT2D eigenvalue weighted by Gasteiger charge is -2.32. The molecule has 0 bridgehead atoms. The van der Waals surface area contributed by atoms with Crippen molar-refractivity contribution in [3.05, 3.63) is 11.1 Å². The molecule has 1 fully saturated rings. The van der Waals surface area contributed by atoms with Crippen LogP contribution in [-0.2, 0) is 14.3 Å². The highest BCUT2D eigenvalue weighted by molar-refractivity contribution is 5.88. The van der Waals surface area contributed by atoms with Crippen LogP contribution in [0.4, 0.5) is 0 Å². The Morgan fingerprint density at radius 3 is 2.73 bits per heavy atom. The van der Waals surface area contributed by atoms with Gasteiger partial charge < -0.3 is 9.47 Å². The van der Waals surface area contributed by atoms with Crippen molar-refractivity contribution in [1.82, 2.24) is 0 Å². The van der Waals surface area contributed by atoms with Crippen LogP contribution in [-0.4, -0.2) is 24.8 Å². The van der Waals surface area contributed by atoms with Crippen molar-refractivity contribution >= 4 is 5.97 Å². The predicted octanol–water partition coefficient (Wildman–Crippen LogP) is 2.46. The largest absolute Gasteiger partial charge is 0.463 e. The van der Waals surface area contributed by atoms with Gasteiger partial charge in [-0.2, -0.15) is 0 Å². The van der Waals surface area contributed by atoms with Crippen molar-refractivity contribution < 1.29 is 14.3 Å². The molecule has 0 aliphatic carbocycles. The van der Waals surface area contributed by atoms with Crippen LogP contribution in [0, 0.1) is 0 Å². The lowest BCUT2D eigenvalue weighted by Crippen LogP contribution is -2.31. The zero-order valence-corrected chi connectivity index (χ0v) is 10.1. The van der Waals surface area contributed by atoms with E-state index in [4.69, 9.17) is 9.47 Å². The summed E-state index contributed by atoms with van der Waals surface area (Å²) in [6.07, 6.45) is 1.66. The third-order valence-electron chi connectivity index (χ3n) is 2.65. The van der Waals surface area contributed by atoms with Gasteiger partial charge in [-0.1, -0.05) is 5.57 Å². The quantitative estimate of drug-likeness (QED) is 0.521. The van der Waals surface area contributed by atoms with Gasteiger partial charge >= 0.3 is 5.97 Å². The highest BCUT2D eigenvalue weighted by Crippen LogP contribution is 2.30. The number of hydrogen-bond acceptors (Lipinski definition) is 3. The summed E-state index contributed by atoms with van der Waals surface area (Å²) in [5, 5.41) is 0. The van der Waals surface area contributed by atoms with E-state index in [9.17, 15) is 4.79 Å². The molecule has 1 saturated heterocycles. The van der Waals surface area contributed by atoms with Crippen LogP contribution >= 0.6 is 0 Å². The van der Waals surface area contributed by atoms with Crippen molar-refractivity contribution in [3.8, 4) is 0 Å². The van der Waals surface area contributed by atoms with Crippen molar-refractivity contribution in [3.63, 3.8) is 0 Å². The van der Waals surface area contributed by atoms with E-state index in [0.717, 1.165) is 18.4 Å². The van der Waals surface area contributed by atoms with Gasteiger partial charge in [-0.25, -0.2) is 4.79 Å². The molecule has 0 saturated carbocycles. The molecule has 0 aromatic carbocycles. The van der Waals surface area contributed by atoms with E-state index in [0.29, 0.717) is 13.2 Å². The Hall–Kier alpha value is -0.830. The average molecular weight is 212 g/mol. The van der Waals surface area contributed by atoms with Gasteiger partial charge in [0.2, 0.25) is 0 Å². The second kappa shape index (κ2) is 4.79. The summed E-state index contributed by atoms with van der Waals surface area (Å²) in [6.45, 7) is 8.89. The average Bonchev–Trinajstić information content (AvgIpc) is 2.15. The molecule has 1 rings (SSSR count). The van der Waals surface area contributed by atoms with Crippen molar-refractivity contribution in [1.29, 1.82) is 0 Å². The molecular formula is C12H20O3. The molecule has 0 aromatic rings. The van der Waals surface area contributed by atoms with Crippen LogP contribution in [0.3, 0.4) is 0 Å². The zero-order chi connectivity index (χ0) is 11.5. The minimum atomic E-state index is -0.190. The van der Waals surface area contributed by atoms with E-state index in [1.807, 2.05) is 27.7 Å². The molecule has 1 aliphatic heterocycles. The van der Waals surface area contributed by atoms with Crippen LogP contribution in [0.25, 0.3) is 0 Å². The second-order valence-electron chi connectivity index (χ2n) is 4.48. The Kier molecular flexibility index (Phi) is 3.91. The van der Waals surface area contributed by atoms with Gasteiger partial charge in [-0.3, -0.25) is 0 Å². The number of ether oxygens (including phenoxy) is 2. The summed E-state index contributed by atoms with van der Waals surface area (Å²) in [4.78, 5) is 11.5. The van der Waals surface area contributed by atoms with Crippen molar-refractivity contribution in [2.24, 2.45) is 0 Å². The molecule has 0 aromatic heterocycles. The second-order valence-corrected chi connectivity index (χ2v) is 4.48. The number of esters is 1. The first-order chi connectivity index (χ1) is 6.96. The number of rotatable bonds is 2. The Morgan fingerprint density at radius 2 is 2.20 bits per heavy atom. The van der Waals surface area contributed by atoms with E-state index >= 15 is 0 Å². The number of hydrogen-bond donors (Lipinski definition) is 0. The fraction of sp³-hybridized carbons (Fsp3) is 0.750. The maximum Gasteiger partial charge on any atom is 0.333 e. The predicted molar refractivity (Wildman–Crippen MR) is 58.6 cm³/mol. The van der Waals surface area contributed by atoms with Gasteiger partial charge in [-0.15, -0.1) is 0 Å². The molecule has 86 valence electrons. The lowest BCUT2D eigenvalue weighted by atomic mass is 9.90. The molecule has 15 heavy (non-hydrogen) atoms. The van der Waals surface area contributed by atoms with Crippen molar-refractivity contribution in [2.75, 3.05) is 13.2 Å². The highest BCUT2D eigenvalue weighted by Gasteiger charge is 2.27. The molecule has 3 nitrogen and oxygen atoms in total. The molecule has 0 spiro atoms. The lowest BCUT2D eigenvalue weighted by molar-refractivity contribution is -0.138. The van der Waals surface area contributed by atoms with E-state index in [1.165, 1.54) is 5.57 Å². The summed E-state index contributed by atoms with van der Waals surface area (Å²) in [5.74, 6) is -0.190. The van der Waals surface area contributed by atoms with Crippen molar-refractivity contribution in [2.45, 2.75) is 46.1 Å². The van der Waals surface area contributed by atoms with Crippen LogP contribution in [0.1, 0.15) is 40.5 Å². The van der Waals surface area contributed by atoms with Gasteiger partial charge in [0.1, 0.15) is 0 Å². The fourth-order valence-electron chi connectivity index (χ4n) is 1.81. The third kappa shape index (κ3) is 3.34. The SMILES string of the molecule is CCOC(=O)C(C)=C1CCOC(C)(C)C1. The van der Waals surface area contributed by atoms with E-state index < -0.39 is 0 Å². The van der Waals surface area contributed by atoms with Gasteiger partial charge in [0.05, 0.1) is 18.8 Å². The molecule has 1 heterocycles. The molecule has 0 unspecified atom stereocenters. The molecule has 3 heteroatoms. The standard InChI is InChI=1S/C12H20O3/c1-5-14-11(13)9(2)10-6-7-15-12(3,4)8-10/h5-8H2,1-4H3. The molecular weight excluding hydrogens is 192 g/mol. The first-order valence-electron chi connectivity index (χ1n) is 5.46. The highest BCUT2D eigenvalue weighted by atomic mass is 16.5. The minimum absolute atomic E-state index is 0.151. The van der Waals surface area contributed by atoms with Gasteiger partial charge in [0.25, 0.3) is 0 Å². The Bertz CT molecular complexity index is 277. The maximum atomic E-state index is 11.5. The first kappa shape index (κ1) is 12.2. The van der Waals surface area contributed by atoms with Crippen LogP contribution in [0.2, 0.25) is 0 Å². The Labute approximate surface area is 91.4 Å². The first-order valence-corrected chi connectivity index (χ1v) is 5.46. The summed E-state index contributed by atoms with van der Waals surface area (Å²) >= 11 is 0. The smallest absolute Gasteiger partial charge is 0.333 e. The van der Waals surface area contributed by atoms with E-state index in [2.05, 4.69) is 0 Å². The number of carbonyl (C=O) groups is 1. The molecule has 1 aliphatic rings. The van der Waals surface area contributed by atoms with Crippen LogP contribution < -0.4 is 0 Å². The Morgan fingerprint density at radius 1 is 1.53 bits per heavy atom. The minimum Gasteiger partial charge on any atom is -0.463 e. The topological polar surface area (TPSA) is 35.5 Å². The van der Waals surface area contributed by atoms with Gasteiger partial charge in [0, 0.05) is 5.57 Å². The molecule has 0 amide bonds. The summed E-state index contributed by atoms with van der Waals surface area (Å²) in [5.41, 5.74) is 1.78. The van der Waals surface area contributed by atoms with Crippen LogP contribution in [0.5, 0.6) is 0 Å². The summed E-state index contributed by atoms with van der Waals surface area (Å²) in [6, 6.07) is 0. The van der Waals surface area contributed by atoms with E-state index in [1.54, 1.807) is 0 Å². The molecule has 0 N–H and O–H groups in total. The summed E-state index contributed by atoms with van der Waals surface area (Å²) < 4.78 is 10.6. The third-order valence-corrected chi connectivity index (χ3v) is 2.65. The van der Waals surface area contributed by atoms with Gasteiger partial charge in [0.15, 0.2) is 0 Å². The van der Waals surface area contributed by atoms with E-state index in [-0.39, 0.29) is 11.6 Å². The van der Waals surface area contributed by atoms with Gasteiger partial charge in [-0.05, 0) is 40.5 Å². The fourth-order valence-corrected chi connectivity index (χ4v) is 1.81. The number of carbonyl (C=O) groups excluding carboxylic acids is 1. The Balaban J connectivity index is 2.75. The zero-order valence-electron chi connectivity index (χ0n) is 10.1. The summed E-state index contributed by atoms with van der Waals surface area (Å²) in [7, 11) is 0.